The lowest BCUT2D eigenvalue weighted by atomic mass is 10.2. The Bertz CT molecular complexity index is 403. The van der Waals surface area contributed by atoms with Crippen LogP contribution in [-0.2, 0) is 13.1 Å². The van der Waals surface area contributed by atoms with Crippen LogP contribution < -0.4 is 5.32 Å². The van der Waals surface area contributed by atoms with Crippen LogP contribution in [0.2, 0.25) is 0 Å². The maximum Gasteiger partial charge on any atom is 0.118 e. The highest BCUT2D eigenvalue weighted by atomic mass is 32.2. The fraction of sp³-hybridized carbons (Fsp3) is 0.733. The van der Waals surface area contributed by atoms with Crippen LogP contribution in [0.4, 0.5) is 0 Å². The van der Waals surface area contributed by atoms with Gasteiger partial charge in [0.15, 0.2) is 0 Å². The molecule has 1 N–H and O–H groups in total. The molecule has 0 bridgehead atoms. The highest BCUT2D eigenvalue weighted by molar-refractivity contribution is 7.99. The maximum atomic E-state index is 5.84. The molecule has 0 radical (unpaired) electrons. The number of thioether (sulfide) groups is 1. The molecule has 0 saturated carbocycles. The van der Waals surface area contributed by atoms with Crippen molar-refractivity contribution >= 4 is 11.8 Å². The van der Waals surface area contributed by atoms with Gasteiger partial charge in [0, 0.05) is 42.2 Å². The summed E-state index contributed by atoms with van der Waals surface area (Å²) in [5.41, 5.74) is 1.35. The third-order valence-corrected chi connectivity index (χ3v) is 4.61. The summed E-state index contributed by atoms with van der Waals surface area (Å²) in [5, 5.41) is 4.16. The number of nitrogens with zero attached hydrogens (tertiary/aromatic N) is 1. The summed E-state index contributed by atoms with van der Waals surface area (Å²) in [4.78, 5) is 2.54. The van der Waals surface area contributed by atoms with Gasteiger partial charge in [0.05, 0.1) is 6.54 Å². The van der Waals surface area contributed by atoms with Crippen molar-refractivity contribution in [2.75, 3.05) is 18.8 Å². The van der Waals surface area contributed by atoms with Gasteiger partial charge in [0.1, 0.15) is 11.5 Å². The molecule has 1 saturated heterocycles. The minimum atomic E-state index is 0.494. The Labute approximate surface area is 121 Å². The van der Waals surface area contributed by atoms with Gasteiger partial charge >= 0.3 is 0 Å². The summed E-state index contributed by atoms with van der Waals surface area (Å²) in [6.45, 7) is 12.9. The number of rotatable bonds is 5. The lowest BCUT2D eigenvalue weighted by molar-refractivity contribution is 0.276. The average Bonchev–Trinajstić information content (AvgIpc) is 2.68. The van der Waals surface area contributed by atoms with E-state index in [-0.39, 0.29) is 0 Å². The smallest absolute Gasteiger partial charge is 0.118 e. The summed E-state index contributed by atoms with van der Waals surface area (Å²) < 4.78 is 5.84. The van der Waals surface area contributed by atoms with E-state index in [4.69, 9.17) is 4.42 Å². The summed E-state index contributed by atoms with van der Waals surface area (Å²) in [5.74, 6) is 3.38. The Balaban J connectivity index is 1.92. The highest BCUT2D eigenvalue weighted by Gasteiger charge is 2.18. The molecule has 0 aromatic carbocycles. The van der Waals surface area contributed by atoms with E-state index in [0.29, 0.717) is 6.04 Å². The van der Waals surface area contributed by atoms with Gasteiger partial charge in [-0.25, -0.2) is 0 Å². The Kier molecular flexibility index (Phi) is 5.37. The molecule has 1 fully saturated rings. The summed E-state index contributed by atoms with van der Waals surface area (Å²) >= 11 is 2.08. The summed E-state index contributed by atoms with van der Waals surface area (Å²) in [6, 6.07) is 2.71. The van der Waals surface area contributed by atoms with Crippen LogP contribution >= 0.6 is 11.8 Å². The molecule has 1 aliphatic heterocycles. The second-order valence-electron chi connectivity index (χ2n) is 5.75. The molecule has 108 valence electrons. The van der Waals surface area contributed by atoms with Crippen LogP contribution in [0.5, 0.6) is 0 Å². The monoisotopic (exact) mass is 282 g/mol. The molecular weight excluding hydrogens is 256 g/mol. The maximum absolute atomic E-state index is 5.84. The molecule has 1 unspecified atom stereocenters. The number of hydrogen-bond donors (Lipinski definition) is 1. The molecule has 4 heteroatoms. The molecular formula is C15H26N2OS. The van der Waals surface area contributed by atoms with Gasteiger partial charge in [-0.15, -0.1) is 0 Å². The first-order chi connectivity index (χ1) is 9.04. The first-order valence-electron chi connectivity index (χ1n) is 7.20. The fourth-order valence-corrected chi connectivity index (χ4v) is 3.49. The number of furan rings is 1. The first kappa shape index (κ1) is 14.9. The third-order valence-electron chi connectivity index (χ3n) is 3.48. The molecule has 2 rings (SSSR count). The molecule has 3 nitrogen and oxygen atoms in total. The molecule has 1 aromatic rings. The summed E-state index contributed by atoms with van der Waals surface area (Å²) in [6.07, 6.45) is 0. The Hall–Kier alpha value is -0.450. The van der Waals surface area contributed by atoms with Crippen molar-refractivity contribution in [1.82, 2.24) is 10.2 Å². The zero-order valence-electron chi connectivity index (χ0n) is 12.5. The second-order valence-corrected chi connectivity index (χ2v) is 7.29. The van der Waals surface area contributed by atoms with Crippen molar-refractivity contribution in [1.29, 1.82) is 0 Å². The standard InChI is InChI=1S/C15H26N2OS/c1-11(2)16-8-15-7-14(13(4)18-15)10-17-5-6-19-12(3)9-17/h7,11-12,16H,5-6,8-10H2,1-4H3. The predicted molar refractivity (Wildman–Crippen MR) is 82.6 cm³/mol. The normalized spacial score (nSPS) is 21.2. The highest BCUT2D eigenvalue weighted by Crippen LogP contribution is 2.22. The van der Waals surface area contributed by atoms with E-state index >= 15 is 0 Å². The van der Waals surface area contributed by atoms with Gasteiger partial charge in [-0.05, 0) is 13.0 Å². The van der Waals surface area contributed by atoms with Crippen molar-refractivity contribution in [2.45, 2.75) is 52.1 Å². The van der Waals surface area contributed by atoms with E-state index in [9.17, 15) is 0 Å². The van der Waals surface area contributed by atoms with Crippen molar-refractivity contribution in [3.8, 4) is 0 Å². The molecule has 1 aromatic heterocycles. The minimum absolute atomic E-state index is 0.494. The van der Waals surface area contributed by atoms with Gasteiger partial charge in [-0.3, -0.25) is 4.90 Å². The molecule has 1 aliphatic rings. The molecule has 2 heterocycles. The quantitative estimate of drug-likeness (QED) is 0.898. The van der Waals surface area contributed by atoms with E-state index in [0.717, 1.165) is 29.9 Å². The van der Waals surface area contributed by atoms with Crippen molar-refractivity contribution in [2.24, 2.45) is 0 Å². The van der Waals surface area contributed by atoms with Gasteiger partial charge < -0.3 is 9.73 Å². The van der Waals surface area contributed by atoms with E-state index in [1.165, 1.54) is 24.4 Å². The molecule has 19 heavy (non-hydrogen) atoms. The molecule has 0 amide bonds. The number of nitrogens with one attached hydrogen (secondary N) is 1. The second kappa shape index (κ2) is 6.82. The Morgan fingerprint density at radius 3 is 3.00 bits per heavy atom. The topological polar surface area (TPSA) is 28.4 Å². The van der Waals surface area contributed by atoms with Crippen LogP contribution in [-0.4, -0.2) is 35.0 Å². The van der Waals surface area contributed by atoms with Crippen LogP contribution in [0, 0.1) is 6.92 Å². The zero-order chi connectivity index (χ0) is 13.8. The number of hydrogen-bond acceptors (Lipinski definition) is 4. The minimum Gasteiger partial charge on any atom is -0.465 e. The van der Waals surface area contributed by atoms with Crippen LogP contribution in [0.3, 0.4) is 0 Å². The lowest BCUT2D eigenvalue weighted by Crippen LogP contribution is -2.36. The van der Waals surface area contributed by atoms with Crippen LogP contribution in [0.1, 0.15) is 37.9 Å². The van der Waals surface area contributed by atoms with Crippen molar-refractivity contribution in [3.05, 3.63) is 23.2 Å². The largest absolute Gasteiger partial charge is 0.465 e. The Morgan fingerprint density at radius 2 is 2.32 bits per heavy atom. The predicted octanol–water partition coefficient (Wildman–Crippen LogP) is 3.02. The van der Waals surface area contributed by atoms with Crippen molar-refractivity contribution < 1.29 is 4.42 Å². The van der Waals surface area contributed by atoms with E-state index in [1.807, 2.05) is 0 Å². The van der Waals surface area contributed by atoms with Gasteiger partial charge in [0.25, 0.3) is 0 Å². The van der Waals surface area contributed by atoms with Crippen molar-refractivity contribution in [3.63, 3.8) is 0 Å². The fourth-order valence-electron chi connectivity index (χ4n) is 2.41. The zero-order valence-corrected chi connectivity index (χ0v) is 13.3. The van der Waals surface area contributed by atoms with E-state index in [1.54, 1.807) is 0 Å². The molecule has 0 spiro atoms. The van der Waals surface area contributed by atoms with Gasteiger partial charge in [0.2, 0.25) is 0 Å². The van der Waals surface area contributed by atoms with Gasteiger partial charge in [-0.1, -0.05) is 20.8 Å². The number of aryl methyl sites for hydroxylation is 1. The summed E-state index contributed by atoms with van der Waals surface area (Å²) in [7, 11) is 0. The first-order valence-corrected chi connectivity index (χ1v) is 8.25. The third kappa shape index (κ3) is 4.55. The average molecular weight is 282 g/mol. The van der Waals surface area contributed by atoms with Gasteiger partial charge in [-0.2, -0.15) is 11.8 Å². The van der Waals surface area contributed by atoms with Crippen LogP contribution in [0.25, 0.3) is 0 Å². The molecule has 1 atom stereocenters. The SMILES string of the molecule is Cc1oc(CNC(C)C)cc1CN1CCSC(C)C1. The Morgan fingerprint density at radius 1 is 1.53 bits per heavy atom. The lowest BCUT2D eigenvalue weighted by Gasteiger charge is -2.30. The van der Waals surface area contributed by atoms with E-state index in [2.05, 4.69) is 55.7 Å². The van der Waals surface area contributed by atoms with Crippen LogP contribution in [0.15, 0.2) is 10.5 Å². The van der Waals surface area contributed by atoms with E-state index < -0.39 is 0 Å². The molecule has 0 aliphatic carbocycles.